The molecular formula is C9H15NO3S. The molecule has 1 amide bonds. The molecule has 0 radical (unpaired) electrons. The van der Waals surface area contributed by atoms with E-state index in [-0.39, 0.29) is 22.3 Å². The number of hydrogen-bond acceptors (Lipinski definition) is 3. The molecule has 14 heavy (non-hydrogen) atoms. The molecule has 0 aromatic heterocycles. The molecule has 0 aromatic rings. The second-order valence-corrected chi connectivity index (χ2v) is 6.85. The van der Waals surface area contributed by atoms with Crippen molar-refractivity contribution in [3.05, 3.63) is 0 Å². The zero-order valence-electron chi connectivity index (χ0n) is 7.98. The highest BCUT2D eigenvalue weighted by molar-refractivity contribution is 7.92. The molecule has 0 aromatic carbocycles. The van der Waals surface area contributed by atoms with Gasteiger partial charge in [0.25, 0.3) is 0 Å². The molecule has 0 spiro atoms. The van der Waals surface area contributed by atoms with Gasteiger partial charge in [-0.2, -0.15) is 0 Å². The van der Waals surface area contributed by atoms with E-state index in [1.165, 1.54) is 0 Å². The smallest absolute Gasteiger partial charge is 0.220 e. The zero-order chi connectivity index (χ0) is 10.3. The third-order valence-corrected chi connectivity index (χ3v) is 6.19. The Morgan fingerprint density at radius 1 is 1.14 bits per heavy atom. The van der Waals surface area contributed by atoms with Gasteiger partial charge in [-0.15, -0.1) is 0 Å². The number of primary amides is 1. The SMILES string of the molecule is NC(=O)C1CC2CCCC(C1)S2(=O)=O. The molecule has 5 heteroatoms. The Labute approximate surface area is 83.8 Å². The first kappa shape index (κ1) is 9.96. The van der Waals surface area contributed by atoms with E-state index in [4.69, 9.17) is 5.73 Å². The van der Waals surface area contributed by atoms with Crippen LogP contribution in [-0.2, 0) is 14.6 Å². The van der Waals surface area contributed by atoms with Gasteiger partial charge in [-0.25, -0.2) is 8.42 Å². The van der Waals surface area contributed by atoms with Crippen LogP contribution >= 0.6 is 0 Å². The Morgan fingerprint density at radius 3 is 2.07 bits per heavy atom. The lowest BCUT2D eigenvalue weighted by atomic mass is 9.89. The van der Waals surface area contributed by atoms with Crippen LogP contribution in [0.1, 0.15) is 32.1 Å². The van der Waals surface area contributed by atoms with Crippen molar-refractivity contribution in [1.29, 1.82) is 0 Å². The normalized spacial score (nSPS) is 40.4. The van der Waals surface area contributed by atoms with Crippen LogP contribution in [0.2, 0.25) is 0 Å². The van der Waals surface area contributed by atoms with Crippen LogP contribution in [0.3, 0.4) is 0 Å². The van der Waals surface area contributed by atoms with Gasteiger partial charge in [-0.1, -0.05) is 6.42 Å². The van der Waals surface area contributed by atoms with Crippen LogP contribution in [0.5, 0.6) is 0 Å². The summed E-state index contributed by atoms with van der Waals surface area (Å²) in [4.78, 5) is 11.0. The number of sulfone groups is 1. The average molecular weight is 217 g/mol. The molecule has 2 rings (SSSR count). The Hall–Kier alpha value is -0.580. The molecule has 2 bridgehead atoms. The fourth-order valence-corrected chi connectivity index (χ4v) is 5.18. The van der Waals surface area contributed by atoms with Crippen molar-refractivity contribution in [1.82, 2.24) is 0 Å². The van der Waals surface area contributed by atoms with Gasteiger partial charge in [0, 0.05) is 5.92 Å². The molecule has 2 fully saturated rings. The van der Waals surface area contributed by atoms with E-state index in [2.05, 4.69) is 0 Å². The molecule has 0 saturated carbocycles. The number of nitrogens with two attached hydrogens (primary N) is 1. The molecule has 2 unspecified atom stereocenters. The summed E-state index contributed by atoms with van der Waals surface area (Å²) in [5, 5.41) is -0.597. The van der Waals surface area contributed by atoms with Gasteiger partial charge >= 0.3 is 0 Å². The van der Waals surface area contributed by atoms with Crippen molar-refractivity contribution in [3.63, 3.8) is 0 Å². The molecule has 2 N–H and O–H groups in total. The lowest BCUT2D eigenvalue weighted by Gasteiger charge is -2.37. The predicted octanol–water partition coefficient (Wildman–Crippen LogP) is 0.218. The van der Waals surface area contributed by atoms with Crippen LogP contribution in [0.4, 0.5) is 0 Å². The largest absolute Gasteiger partial charge is 0.369 e. The first-order valence-corrected chi connectivity index (χ1v) is 6.65. The van der Waals surface area contributed by atoms with E-state index in [1.54, 1.807) is 0 Å². The average Bonchev–Trinajstić information content (AvgIpc) is 2.00. The summed E-state index contributed by atoms with van der Waals surface area (Å²) in [5.74, 6) is -0.550. The van der Waals surface area contributed by atoms with Crippen molar-refractivity contribution in [2.75, 3.05) is 0 Å². The second-order valence-electron chi connectivity index (χ2n) is 4.33. The number of amides is 1. The minimum atomic E-state index is -2.94. The molecule has 2 aliphatic rings. The number of carbonyl (C=O) groups is 1. The lowest BCUT2D eigenvalue weighted by Crippen LogP contribution is -2.46. The molecule has 80 valence electrons. The lowest BCUT2D eigenvalue weighted by molar-refractivity contribution is -0.122. The van der Waals surface area contributed by atoms with Crippen molar-refractivity contribution < 1.29 is 13.2 Å². The topological polar surface area (TPSA) is 77.2 Å². The van der Waals surface area contributed by atoms with E-state index in [9.17, 15) is 13.2 Å². The van der Waals surface area contributed by atoms with Gasteiger partial charge in [-0.3, -0.25) is 4.79 Å². The monoisotopic (exact) mass is 217 g/mol. The Morgan fingerprint density at radius 2 is 1.64 bits per heavy atom. The maximum absolute atomic E-state index is 11.8. The second kappa shape index (κ2) is 3.22. The highest BCUT2D eigenvalue weighted by Gasteiger charge is 2.45. The van der Waals surface area contributed by atoms with Crippen LogP contribution in [0.15, 0.2) is 0 Å². The maximum atomic E-state index is 11.8. The summed E-state index contributed by atoms with van der Waals surface area (Å²) in [6.45, 7) is 0. The van der Waals surface area contributed by atoms with Gasteiger partial charge in [0.2, 0.25) is 5.91 Å². The molecule has 2 aliphatic heterocycles. The first-order chi connectivity index (χ1) is 6.51. The van der Waals surface area contributed by atoms with Crippen molar-refractivity contribution in [2.24, 2.45) is 11.7 Å². The molecule has 4 nitrogen and oxygen atoms in total. The van der Waals surface area contributed by atoms with Crippen molar-refractivity contribution in [2.45, 2.75) is 42.6 Å². The Balaban J connectivity index is 2.25. The number of fused-ring (bicyclic) bond motifs is 2. The Kier molecular flexibility index (Phi) is 2.29. The molecule has 2 atom stereocenters. The first-order valence-electron chi connectivity index (χ1n) is 5.04. The fraction of sp³-hybridized carbons (Fsp3) is 0.889. The summed E-state index contributed by atoms with van der Waals surface area (Å²) in [7, 11) is -2.94. The summed E-state index contributed by atoms with van der Waals surface area (Å²) in [6.07, 6.45) is 3.30. The van der Waals surface area contributed by atoms with E-state index in [1.807, 2.05) is 0 Å². The molecule has 0 aliphatic carbocycles. The Bertz CT molecular complexity index is 329. The minimum Gasteiger partial charge on any atom is -0.369 e. The van der Waals surface area contributed by atoms with Crippen LogP contribution in [0.25, 0.3) is 0 Å². The molecule has 2 heterocycles. The maximum Gasteiger partial charge on any atom is 0.220 e. The van der Waals surface area contributed by atoms with Crippen molar-refractivity contribution >= 4 is 15.7 Å². The quantitative estimate of drug-likeness (QED) is 0.682. The summed E-state index contributed by atoms with van der Waals surface area (Å²) in [6, 6.07) is 0. The van der Waals surface area contributed by atoms with E-state index >= 15 is 0 Å². The van der Waals surface area contributed by atoms with E-state index in [0.29, 0.717) is 25.7 Å². The van der Waals surface area contributed by atoms with Gasteiger partial charge in [0.05, 0.1) is 10.5 Å². The zero-order valence-corrected chi connectivity index (χ0v) is 8.79. The van der Waals surface area contributed by atoms with E-state index < -0.39 is 9.84 Å². The van der Waals surface area contributed by atoms with Crippen LogP contribution < -0.4 is 5.73 Å². The van der Waals surface area contributed by atoms with Crippen LogP contribution in [0, 0.1) is 5.92 Å². The molecular weight excluding hydrogens is 202 g/mol. The standard InChI is InChI=1S/C9H15NO3S/c10-9(11)6-4-7-2-1-3-8(5-6)14(7,12)13/h6-8H,1-5H2,(H2,10,11). The number of carbonyl (C=O) groups excluding carboxylic acids is 1. The summed E-state index contributed by atoms with van der Waals surface area (Å²) in [5.41, 5.74) is 5.23. The minimum absolute atomic E-state index is 0.214. The summed E-state index contributed by atoms with van der Waals surface area (Å²) < 4.78 is 23.6. The third kappa shape index (κ3) is 1.43. The molecule has 2 saturated heterocycles. The van der Waals surface area contributed by atoms with Crippen molar-refractivity contribution in [3.8, 4) is 0 Å². The highest BCUT2D eigenvalue weighted by atomic mass is 32.2. The van der Waals surface area contributed by atoms with Gasteiger partial charge in [0.15, 0.2) is 9.84 Å². The summed E-state index contributed by atoms with van der Waals surface area (Å²) >= 11 is 0. The number of hydrogen-bond donors (Lipinski definition) is 1. The highest BCUT2D eigenvalue weighted by Crippen LogP contribution is 2.39. The fourth-order valence-electron chi connectivity index (χ4n) is 2.64. The number of rotatable bonds is 1. The predicted molar refractivity (Wildman–Crippen MR) is 52.3 cm³/mol. The van der Waals surface area contributed by atoms with Gasteiger partial charge in [0.1, 0.15) is 0 Å². The van der Waals surface area contributed by atoms with Crippen LogP contribution in [-0.4, -0.2) is 24.8 Å². The van der Waals surface area contributed by atoms with E-state index in [0.717, 1.165) is 6.42 Å². The van der Waals surface area contributed by atoms with Gasteiger partial charge < -0.3 is 5.73 Å². The van der Waals surface area contributed by atoms with Gasteiger partial charge in [-0.05, 0) is 25.7 Å². The third-order valence-electron chi connectivity index (χ3n) is 3.48.